The van der Waals surface area contributed by atoms with Crippen LogP contribution in [0.2, 0.25) is 0 Å². The van der Waals surface area contributed by atoms with Gasteiger partial charge in [0.2, 0.25) is 0 Å². The van der Waals surface area contributed by atoms with Gasteiger partial charge >= 0.3 is 0 Å². The lowest BCUT2D eigenvalue weighted by Crippen LogP contribution is -2.19. The Bertz CT molecular complexity index is 333. The molecule has 82 valence electrons. The summed E-state index contributed by atoms with van der Waals surface area (Å²) in [5.41, 5.74) is 2.54. The molecule has 0 aliphatic rings. The van der Waals surface area contributed by atoms with Crippen LogP contribution in [0.15, 0.2) is 40.9 Å². The summed E-state index contributed by atoms with van der Waals surface area (Å²) >= 11 is 3.48. The smallest absolute Gasteiger partial charge is 0.0292 e. The van der Waals surface area contributed by atoms with Crippen molar-refractivity contribution in [1.29, 1.82) is 0 Å². The fourth-order valence-electron chi connectivity index (χ4n) is 1.40. The number of halogens is 1. The average molecular weight is 268 g/mol. The van der Waals surface area contributed by atoms with Gasteiger partial charge in [0, 0.05) is 10.5 Å². The Balaban J connectivity index is 2.46. The maximum Gasteiger partial charge on any atom is 0.0292 e. The van der Waals surface area contributed by atoms with E-state index < -0.39 is 0 Å². The monoisotopic (exact) mass is 267 g/mol. The number of benzene rings is 1. The molecule has 0 heterocycles. The quantitative estimate of drug-likeness (QED) is 0.794. The van der Waals surface area contributed by atoms with Crippen LogP contribution in [0.25, 0.3) is 0 Å². The third-order valence-electron chi connectivity index (χ3n) is 2.35. The zero-order chi connectivity index (χ0) is 11.3. The van der Waals surface area contributed by atoms with E-state index in [1.165, 1.54) is 11.1 Å². The van der Waals surface area contributed by atoms with Gasteiger partial charge in [0.25, 0.3) is 0 Å². The van der Waals surface area contributed by atoms with Gasteiger partial charge in [-0.3, -0.25) is 0 Å². The van der Waals surface area contributed by atoms with Crippen molar-refractivity contribution < 1.29 is 0 Å². The van der Waals surface area contributed by atoms with E-state index in [0.717, 1.165) is 17.4 Å². The van der Waals surface area contributed by atoms with Crippen molar-refractivity contribution in [1.82, 2.24) is 5.32 Å². The summed E-state index contributed by atoms with van der Waals surface area (Å²) in [5.74, 6) is 0. The molecule has 0 unspecified atom stereocenters. The minimum absolute atomic E-state index is 0.391. The topological polar surface area (TPSA) is 12.0 Å². The van der Waals surface area contributed by atoms with Gasteiger partial charge in [-0.2, -0.15) is 0 Å². The van der Waals surface area contributed by atoms with Crippen LogP contribution in [0, 0.1) is 0 Å². The molecule has 0 fully saturated rings. The molecule has 1 aromatic rings. The summed E-state index contributed by atoms with van der Waals surface area (Å²) in [4.78, 5) is 0. The first-order valence-electron chi connectivity index (χ1n) is 5.23. The van der Waals surface area contributed by atoms with Crippen LogP contribution in [0.4, 0.5) is 0 Å². The minimum Gasteiger partial charge on any atom is -0.310 e. The first-order chi connectivity index (χ1) is 7.09. The van der Waals surface area contributed by atoms with E-state index in [2.05, 4.69) is 59.9 Å². The second-order valence-electron chi connectivity index (χ2n) is 3.94. The summed E-state index contributed by atoms with van der Waals surface area (Å²) in [6.45, 7) is 9.12. The molecule has 0 aromatic heterocycles. The van der Waals surface area contributed by atoms with Crippen molar-refractivity contribution >= 4 is 15.9 Å². The van der Waals surface area contributed by atoms with E-state index in [0.29, 0.717) is 6.04 Å². The van der Waals surface area contributed by atoms with Crippen LogP contribution in [0.3, 0.4) is 0 Å². The average Bonchev–Trinajstić information content (AvgIpc) is 2.17. The van der Waals surface area contributed by atoms with Crippen LogP contribution in [-0.4, -0.2) is 6.54 Å². The van der Waals surface area contributed by atoms with Gasteiger partial charge < -0.3 is 5.32 Å². The van der Waals surface area contributed by atoms with Crippen molar-refractivity contribution in [3.8, 4) is 0 Å². The molecular weight excluding hydrogens is 250 g/mol. The fraction of sp³-hybridized carbons (Fsp3) is 0.385. The van der Waals surface area contributed by atoms with Crippen molar-refractivity contribution in [2.75, 3.05) is 6.54 Å². The Morgan fingerprint density at radius 1 is 1.53 bits per heavy atom. The summed E-state index contributed by atoms with van der Waals surface area (Å²) in [6.07, 6.45) is 1.04. The Hall–Kier alpha value is -0.600. The predicted octanol–water partition coefficient (Wildman–Crippen LogP) is 4.07. The standard InChI is InChI=1S/C13H18BrN/c1-10(2)7-8-15-11(3)12-5-4-6-13(14)9-12/h4-6,9,11,15H,1,7-8H2,2-3H3/t11-/m0/s1. The Morgan fingerprint density at radius 3 is 2.87 bits per heavy atom. The maximum absolute atomic E-state index is 3.89. The van der Waals surface area contributed by atoms with Gasteiger partial charge in [-0.1, -0.05) is 33.6 Å². The van der Waals surface area contributed by atoms with Gasteiger partial charge in [-0.25, -0.2) is 0 Å². The van der Waals surface area contributed by atoms with Crippen molar-refractivity contribution in [3.63, 3.8) is 0 Å². The number of hydrogen-bond acceptors (Lipinski definition) is 1. The molecule has 1 nitrogen and oxygen atoms in total. The van der Waals surface area contributed by atoms with Crippen LogP contribution in [0.5, 0.6) is 0 Å². The van der Waals surface area contributed by atoms with E-state index >= 15 is 0 Å². The molecule has 1 N–H and O–H groups in total. The van der Waals surface area contributed by atoms with E-state index in [1.54, 1.807) is 0 Å². The zero-order valence-corrected chi connectivity index (χ0v) is 11.0. The van der Waals surface area contributed by atoms with Crippen LogP contribution >= 0.6 is 15.9 Å². The van der Waals surface area contributed by atoms with E-state index in [9.17, 15) is 0 Å². The molecule has 1 rings (SSSR count). The summed E-state index contributed by atoms with van der Waals surface area (Å²) in [5, 5.41) is 3.48. The highest BCUT2D eigenvalue weighted by Gasteiger charge is 2.03. The Labute approximate surface area is 101 Å². The van der Waals surface area contributed by atoms with Gasteiger partial charge in [0.15, 0.2) is 0 Å². The molecule has 0 saturated carbocycles. The Kier molecular flexibility index (Phi) is 5.06. The first-order valence-corrected chi connectivity index (χ1v) is 6.02. The van der Waals surface area contributed by atoms with Gasteiger partial charge in [-0.15, -0.1) is 6.58 Å². The first kappa shape index (κ1) is 12.5. The molecule has 0 aliphatic heterocycles. The van der Waals surface area contributed by atoms with Gasteiger partial charge in [-0.05, 0) is 44.5 Å². The van der Waals surface area contributed by atoms with Gasteiger partial charge in [0.05, 0.1) is 0 Å². The fourth-order valence-corrected chi connectivity index (χ4v) is 1.81. The lowest BCUT2D eigenvalue weighted by molar-refractivity contribution is 0.576. The highest BCUT2D eigenvalue weighted by atomic mass is 79.9. The normalized spacial score (nSPS) is 12.5. The number of hydrogen-bond donors (Lipinski definition) is 1. The van der Waals surface area contributed by atoms with E-state index in [1.807, 2.05) is 6.07 Å². The molecule has 0 amide bonds. The number of rotatable bonds is 5. The highest BCUT2D eigenvalue weighted by Crippen LogP contribution is 2.17. The van der Waals surface area contributed by atoms with Crippen molar-refractivity contribution in [2.45, 2.75) is 26.3 Å². The largest absolute Gasteiger partial charge is 0.310 e. The SMILES string of the molecule is C=C(C)CCN[C@@H](C)c1cccc(Br)c1. The summed E-state index contributed by atoms with van der Waals surface area (Å²) < 4.78 is 1.13. The molecule has 15 heavy (non-hydrogen) atoms. The molecule has 1 aromatic carbocycles. The molecule has 1 atom stereocenters. The third-order valence-corrected chi connectivity index (χ3v) is 2.84. The lowest BCUT2D eigenvalue weighted by atomic mass is 10.1. The van der Waals surface area contributed by atoms with Crippen LogP contribution in [0.1, 0.15) is 31.9 Å². The van der Waals surface area contributed by atoms with Crippen molar-refractivity contribution in [2.24, 2.45) is 0 Å². The molecule has 0 saturated heterocycles. The summed E-state index contributed by atoms with van der Waals surface area (Å²) in [6, 6.07) is 8.80. The predicted molar refractivity (Wildman–Crippen MR) is 70.0 cm³/mol. The Morgan fingerprint density at radius 2 is 2.27 bits per heavy atom. The third kappa shape index (κ3) is 4.63. The molecule has 0 radical (unpaired) electrons. The molecule has 0 aliphatic carbocycles. The van der Waals surface area contributed by atoms with Crippen LogP contribution < -0.4 is 5.32 Å². The highest BCUT2D eigenvalue weighted by molar-refractivity contribution is 9.10. The molecule has 0 bridgehead atoms. The van der Waals surface area contributed by atoms with Gasteiger partial charge in [0.1, 0.15) is 0 Å². The zero-order valence-electron chi connectivity index (χ0n) is 9.39. The van der Waals surface area contributed by atoms with E-state index in [-0.39, 0.29) is 0 Å². The number of nitrogens with one attached hydrogen (secondary N) is 1. The minimum atomic E-state index is 0.391. The molecule has 2 heteroatoms. The van der Waals surface area contributed by atoms with Crippen LogP contribution in [-0.2, 0) is 0 Å². The summed E-state index contributed by atoms with van der Waals surface area (Å²) in [7, 11) is 0. The second kappa shape index (κ2) is 6.09. The lowest BCUT2D eigenvalue weighted by Gasteiger charge is -2.14. The van der Waals surface area contributed by atoms with Crippen molar-refractivity contribution in [3.05, 3.63) is 46.5 Å². The van der Waals surface area contributed by atoms with E-state index in [4.69, 9.17) is 0 Å². The maximum atomic E-state index is 3.89. The molecule has 0 spiro atoms. The second-order valence-corrected chi connectivity index (χ2v) is 4.85. The molecular formula is C13H18BrN.